The smallest absolute Gasteiger partial charge is 0.281 e. The fraction of sp³-hybridized carbons (Fsp3) is 1.00. The molecule has 1 rings (SSSR count). The molecule has 0 saturated carbocycles. The van der Waals surface area contributed by atoms with Crippen molar-refractivity contribution in [2.75, 3.05) is 20.1 Å². The first-order valence-corrected chi connectivity index (χ1v) is 7.78. The van der Waals surface area contributed by atoms with Crippen molar-refractivity contribution in [3.8, 4) is 0 Å². The van der Waals surface area contributed by atoms with E-state index >= 15 is 0 Å². The molecule has 1 heterocycles. The minimum atomic E-state index is -3.30. The third kappa shape index (κ3) is 3.64. The van der Waals surface area contributed by atoms with Gasteiger partial charge < -0.3 is 5.73 Å². The molecule has 0 amide bonds. The molecule has 0 radical (unpaired) electrons. The molecule has 0 spiro atoms. The standard InChI is InChI=1S/C11H25N3O2S/c1-4-5-7-13(3)17(15,16)14-8-6-11(12)9-10(14)2/h10-11H,4-9,12H2,1-3H3. The van der Waals surface area contributed by atoms with Gasteiger partial charge in [0, 0.05) is 32.2 Å². The molecule has 0 aromatic carbocycles. The summed E-state index contributed by atoms with van der Waals surface area (Å²) >= 11 is 0. The molecule has 2 N–H and O–H groups in total. The number of unbranched alkanes of at least 4 members (excludes halogenated alkanes) is 1. The second kappa shape index (κ2) is 6.13. The molecule has 2 unspecified atom stereocenters. The maximum absolute atomic E-state index is 12.3. The summed E-state index contributed by atoms with van der Waals surface area (Å²) in [6.07, 6.45) is 3.41. The number of rotatable bonds is 5. The van der Waals surface area contributed by atoms with E-state index < -0.39 is 10.2 Å². The highest BCUT2D eigenvalue weighted by Gasteiger charge is 2.34. The van der Waals surface area contributed by atoms with E-state index in [1.165, 1.54) is 4.31 Å². The first-order valence-electron chi connectivity index (χ1n) is 6.38. The lowest BCUT2D eigenvalue weighted by Gasteiger charge is -2.37. The van der Waals surface area contributed by atoms with Gasteiger partial charge in [-0.3, -0.25) is 0 Å². The summed E-state index contributed by atoms with van der Waals surface area (Å²) in [5, 5.41) is 0. The van der Waals surface area contributed by atoms with Gasteiger partial charge in [-0.1, -0.05) is 13.3 Å². The van der Waals surface area contributed by atoms with E-state index in [0.29, 0.717) is 13.1 Å². The molecule has 102 valence electrons. The number of hydrogen-bond acceptors (Lipinski definition) is 3. The zero-order valence-electron chi connectivity index (χ0n) is 11.1. The van der Waals surface area contributed by atoms with Crippen molar-refractivity contribution in [3.05, 3.63) is 0 Å². The van der Waals surface area contributed by atoms with Gasteiger partial charge in [0.25, 0.3) is 10.2 Å². The molecule has 1 aliphatic rings. The van der Waals surface area contributed by atoms with Gasteiger partial charge in [0.1, 0.15) is 0 Å². The summed E-state index contributed by atoms with van der Waals surface area (Å²) in [6, 6.07) is 0.144. The van der Waals surface area contributed by atoms with E-state index in [1.807, 2.05) is 6.92 Å². The maximum Gasteiger partial charge on any atom is 0.281 e. The van der Waals surface area contributed by atoms with Crippen LogP contribution in [0.15, 0.2) is 0 Å². The van der Waals surface area contributed by atoms with E-state index in [9.17, 15) is 8.42 Å². The predicted octanol–water partition coefficient (Wildman–Crippen LogP) is 0.775. The lowest BCUT2D eigenvalue weighted by Crippen LogP contribution is -2.52. The molecular weight excluding hydrogens is 238 g/mol. The quantitative estimate of drug-likeness (QED) is 0.797. The predicted molar refractivity (Wildman–Crippen MR) is 69.8 cm³/mol. The Hall–Kier alpha value is -0.170. The van der Waals surface area contributed by atoms with Crippen molar-refractivity contribution in [3.63, 3.8) is 0 Å². The van der Waals surface area contributed by atoms with Gasteiger partial charge in [-0.2, -0.15) is 17.0 Å². The van der Waals surface area contributed by atoms with Crippen molar-refractivity contribution >= 4 is 10.2 Å². The minimum absolute atomic E-state index is 0.00725. The normalized spacial score (nSPS) is 27.6. The summed E-state index contributed by atoms with van der Waals surface area (Å²) in [5.74, 6) is 0. The van der Waals surface area contributed by atoms with Crippen LogP contribution in [0.5, 0.6) is 0 Å². The van der Waals surface area contributed by atoms with Crippen LogP contribution in [-0.2, 0) is 10.2 Å². The maximum atomic E-state index is 12.3. The minimum Gasteiger partial charge on any atom is -0.328 e. The van der Waals surface area contributed by atoms with Crippen molar-refractivity contribution < 1.29 is 8.42 Å². The average Bonchev–Trinajstić information content (AvgIpc) is 2.25. The third-order valence-electron chi connectivity index (χ3n) is 3.37. The third-order valence-corrected chi connectivity index (χ3v) is 5.48. The van der Waals surface area contributed by atoms with Crippen LogP contribution in [-0.4, -0.2) is 49.2 Å². The van der Waals surface area contributed by atoms with Gasteiger partial charge >= 0.3 is 0 Å². The van der Waals surface area contributed by atoms with Crippen molar-refractivity contribution in [1.29, 1.82) is 0 Å². The van der Waals surface area contributed by atoms with Gasteiger partial charge in [-0.25, -0.2) is 0 Å². The van der Waals surface area contributed by atoms with Crippen molar-refractivity contribution in [1.82, 2.24) is 8.61 Å². The molecule has 17 heavy (non-hydrogen) atoms. The van der Waals surface area contributed by atoms with Crippen LogP contribution in [0, 0.1) is 0 Å². The highest BCUT2D eigenvalue weighted by molar-refractivity contribution is 7.86. The fourth-order valence-corrected chi connectivity index (χ4v) is 3.80. The zero-order valence-corrected chi connectivity index (χ0v) is 11.9. The average molecular weight is 263 g/mol. The Bertz CT molecular complexity index is 332. The van der Waals surface area contributed by atoms with Crippen LogP contribution in [0.25, 0.3) is 0 Å². The first-order chi connectivity index (χ1) is 7.89. The zero-order chi connectivity index (χ0) is 13.1. The van der Waals surface area contributed by atoms with Crippen LogP contribution in [0.3, 0.4) is 0 Å². The molecule has 1 aliphatic heterocycles. The van der Waals surface area contributed by atoms with E-state index in [1.54, 1.807) is 11.4 Å². The van der Waals surface area contributed by atoms with E-state index in [2.05, 4.69) is 6.92 Å². The lowest BCUT2D eigenvalue weighted by atomic mass is 10.0. The highest BCUT2D eigenvalue weighted by Crippen LogP contribution is 2.21. The van der Waals surface area contributed by atoms with Gasteiger partial charge in [-0.05, 0) is 26.2 Å². The summed E-state index contributed by atoms with van der Waals surface area (Å²) in [6.45, 7) is 5.13. The molecule has 5 nitrogen and oxygen atoms in total. The van der Waals surface area contributed by atoms with Crippen molar-refractivity contribution in [2.45, 2.75) is 51.6 Å². The Kier molecular flexibility index (Phi) is 5.37. The van der Waals surface area contributed by atoms with Crippen LogP contribution >= 0.6 is 0 Å². The molecular formula is C11H25N3O2S. The SMILES string of the molecule is CCCCN(C)S(=O)(=O)N1CCC(N)CC1C. The Morgan fingerprint density at radius 2 is 2.12 bits per heavy atom. The Morgan fingerprint density at radius 1 is 1.47 bits per heavy atom. The summed E-state index contributed by atoms with van der Waals surface area (Å²) in [7, 11) is -1.64. The number of hydrogen-bond donors (Lipinski definition) is 1. The highest BCUT2D eigenvalue weighted by atomic mass is 32.2. The summed E-state index contributed by atoms with van der Waals surface area (Å²) < 4.78 is 27.7. The first kappa shape index (κ1) is 14.9. The molecule has 0 aliphatic carbocycles. The largest absolute Gasteiger partial charge is 0.328 e. The Morgan fingerprint density at radius 3 is 2.65 bits per heavy atom. The van der Waals surface area contributed by atoms with Gasteiger partial charge in [0.05, 0.1) is 0 Å². The van der Waals surface area contributed by atoms with Crippen LogP contribution < -0.4 is 5.73 Å². The van der Waals surface area contributed by atoms with Gasteiger partial charge in [-0.15, -0.1) is 0 Å². The Labute approximate surface area is 105 Å². The van der Waals surface area contributed by atoms with E-state index in [4.69, 9.17) is 5.73 Å². The number of nitrogens with two attached hydrogens (primary N) is 1. The van der Waals surface area contributed by atoms with Crippen LogP contribution in [0.2, 0.25) is 0 Å². The van der Waals surface area contributed by atoms with E-state index in [-0.39, 0.29) is 12.1 Å². The topological polar surface area (TPSA) is 66.6 Å². The van der Waals surface area contributed by atoms with Gasteiger partial charge in [0.15, 0.2) is 0 Å². The molecule has 1 saturated heterocycles. The molecule has 0 bridgehead atoms. The molecule has 2 atom stereocenters. The van der Waals surface area contributed by atoms with E-state index in [0.717, 1.165) is 25.7 Å². The summed E-state index contributed by atoms with van der Waals surface area (Å²) in [5.41, 5.74) is 5.85. The lowest BCUT2D eigenvalue weighted by molar-refractivity contribution is 0.232. The summed E-state index contributed by atoms with van der Waals surface area (Å²) in [4.78, 5) is 0. The second-order valence-corrected chi connectivity index (χ2v) is 6.92. The molecule has 0 aromatic heterocycles. The van der Waals surface area contributed by atoms with Gasteiger partial charge in [0.2, 0.25) is 0 Å². The molecule has 6 heteroatoms. The van der Waals surface area contributed by atoms with Crippen LogP contribution in [0.1, 0.15) is 39.5 Å². The number of nitrogens with zero attached hydrogens (tertiary/aromatic N) is 2. The number of piperidine rings is 1. The molecule has 0 aromatic rings. The van der Waals surface area contributed by atoms with Crippen molar-refractivity contribution in [2.24, 2.45) is 5.73 Å². The second-order valence-electron chi connectivity index (χ2n) is 4.93. The van der Waals surface area contributed by atoms with Crippen LogP contribution in [0.4, 0.5) is 0 Å². The Balaban J connectivity index is 2.69. The monoisotopic (exact) mass is 263 g/mol. The molecule has 1 fully saturated rings. The fourth-order valence-electron chi connectivity index (χ4n) is 2.20.